The van der Waals surface area contributed by atoms with Crippen LogP contribution in [0.1, 0.15) is 43.1 Å². The Kier molecular flexibility index (Phi) is 4.34. The Balaban J connectivity index is 1.30. The summed E-state index contributed by atoms with van der Waals surface area (Å²) in [6.07, 6.45) is 3.98. The van der Waals surface area contributed by atoms with E-state index < -0.39 is 0 Å². The van der Waals surface area contributed by atoms with Crippen molar-refractivity contribution in [1.82, 2.24) is 15.1 Å². The van der Waals surface area contributed by atoms with Crippen LogP contribution in [0, 0.1) is 18.2 Å². The number of rotatable bonds is 2. The van der Waals surface area contributed by atoms with Crippen molar-refractivity contribution in [3.8, 4) is 0 Å². The van der Waals surface area contributed by atoms with Gasteiger partial charge in [0, 0.05) is 20.0 Å². The summed E-state index contributed by atoms with van der Waals surface area (Å²) in [5.74, 6) is 0.438. The van der Waals surface area contributed by atoms with Gasteiger partial charge in [-0.15, -0.1) is 5.10 Å². The van der Waals surface area contributed by atoms with E-state index in [1.54, 1.807) is 24.0 Å². The molecule has 1 aromatic heterocycles. The van der Waals surface area contributed by atoms with Crippen molar-refractivity contribution in [3.63, 3.8) is 0 Å². The molecule has 0 bridgehead atoms. The van der Waals surface area contributed by atoms with E-state index in [0.717, 1.165) is 31.2 Å². The fourth-order valence-electron chi connectivity index (χ4n) is 4.10. The maximum absolute atomic E-state index is 13.7. The standard InChI is InChI=1S/C18H20ClFN4O2/c1-11-22-23-16(26-11)21-17(25)24-6-4-18(5-7-24)9-13(10-18)12-2-3-14(19)15(20)8-12/h2-3,8,13H,4-7,9-10H2,1H3,(H,21,23,25). The summed E-state index contributed by atoms with van der Waals surface area (Å²) in [7, 11) is 0. The van der Waals surface area contributed by atoms with E-state index in [1.807, 2.05) is 6.07 Å². The van der Waals surface area contributed by atoms with Crippen LogP contribution < -0.4 is 5.32 Å². The van der Waals surface area contributed by atoms with E-state index in [1.165, 1.54) is 0 Å². The highest BCUT2D eigenvalue weighted by Gasteiger charge is 2.46. The molecule has 4 rings (SSSR count). The van der Waals surface area contributed by atoms with Gasteiger partial charge in [-0.05, 0) is 54.7 Å². The molecule has 1 aliphatic carbocycles. The highest BCUT2D eigenvalue weighted by atomic mass is 35.5. The van der Waals surface area contributed by atoms with E-state index in [2.05, 4.69) is 15.5 Å². The number of likely N-dealkylation sites (tertiary alicyclic amines) is 1. The number of piperidine rings is 1. The van der Waals surface area contributed by atoms with E-state index in [4.69, 9.17) is 16.0 Å². The number of urea groups is 1. The van der Waals surface area contributed by atoms with E-state index in [0.29, 0.717) is 24.9 Å². The molecule has 1 saturated heterocycles. The molecule has 0 atom stereocenters. The number of carbonyl (C=O) groups excluding carboxylic acids is 1. The average molecular weight is 379 g/mol. The fraction of sp³-hybridized carbons (Fsp3) is 0.500. The van der Waals surface area contributed by atoms with Gasteiger partial charge in [-0.1, -0.05) is 22.8 Å². The lowest BCUT2D eigenvalue weighted by molar-refractivity contribution is 0.0289. The maximum atomic E-state index is 13.7. The first-order chi connectivity index (χ1) is 12.4. The summed E-state index contributed by atoms with van der Waals surface area (Å²) >= 11 is 5.76. The van der Waals surface area contributed by atoms with Crippen molar-refractivity contribution >= 4 is 23.6 Å². The van der Waals surface area contributed by atoms with Crippen LogP contribution in [-0.2, 0) is 0 Å². The minimum absolute atomic E-state index is 0.126. The zero-order valence-electron chi connectivity index (χ0n) is 14.5. The van der Waals surface area contributed by atoms with Crippen molar-refractivity contribution in [1.29, 1.82) is 0 Å². The Morgan fingerprint density at radius 2 is 2.08 bits per heavy atom. The summed E-state index contributed by atoms with van der Waals surface area (Å²) in [5.41, 5.74) is 1.28. The van der Waals surface area contributed by atoms with Crippen molar-refractivity contribution in [3.05, 3.63) is 40.5 Å². The molecule has 1 aromatic carbocycles. The number of nitrogens with zero attached hydrogens (tertiary/aromatic N) is 3. The molecular formula is C18H20ClFN4O2. The summed E-state index contributed by atoms with van der Waals surface area (Å²) in [6, 6.07) is 5.01. The number of aromatic nitrogens is 2. The molecule has 1 aliphatic heterocycles. The number of halogens is 2. The molecule has 138 valence electrons. The normalized spacial score (nSPS) is 19.4. The second kappa shape index (κ2) is 6.54. The Morgan fingerprint density at radius 1 is 1.35 bits per heavy atom. The SMILES string of the molecule is Cc1nnc(NC(=O)N2CCC3(CC2)CC(c2ccc(Cl)c(F)c2)C3)o1. The van der Waals surface area contributed by atoms with Gasteiger partial charge in [-0.2, -0.15) is 0 Å². The molecule has 2 amide bonds. The van der Waals surface area contributed by atoms with Gasteiger partial charge in [0.05, 0.1) is 5.02 Å². The van der Waals surface area contributed by atoms with Crippen molar-refractivity contribution in [2.75, 3.05) is 18.4 Å². The number of nitrogens with one attached hydrogen (secondary N) is 1. The number of aryl methyl sites for hydroxylation is 1. The van der Waals surface area contributed by atoms with Gasteiger partial charge in [0.25, 0.3) is 0 Å². The lowest BCUT2D eigenvalue weighted by atomic mass is 9.56. The number of hydrogen-bond acceptors (Lipinski definition) is 4. The molecule has 2 aliphatic rings. The Bertz CT molecular complexity index is 824. The second-order valence-electron chi connectivity index (χ2n) is 7.32. The quantitative estimate of drug-likeness (QED) is 0.842. The topological polar surface area (TPSA) is 71.3 Å². The van der Waals surface area contributed by atoms with Crippen molar-refractivity contribution in [2.24, 2.45) is 5.41 Å². The number of amides is 2. The largest absolute Gasteiger partial charge is 0.408 e. The van der Waals surface area contributed by atoms with Gasteiger partial charge in [0.2, 0.25) is 5.89 Å². The molecular weight excluding hydrogens is 359 g/mol. The van der Waals surface area contributed by atoms with Gasteiger partial charge in [0.15, 0.2) is 0 Å². The van der Waals surface area contributed by atoms with Crippen LogP contribution in [0.4, 0.5) is 15.2 Å². The lowest BCUT2D eigenvalue weighted by Crippen LogP contribution is -2.49. The minimum atomic E-state index is -0.354. The van der Waals surface area contributed by atoms with Crippen LogP contribution in [0.2, 0.25) is 5.02 Å². The first-order valence-corrected chi connectivity index (χ1v) is 9.13. The predicted octanol–water partition coefficient (Wildman–Crippen LogP) is 4.36. The molecule has 0 radical (unpaired) electrons. The summed E-state index contributed by atoms with van der Waals surface area (Å²) in [5, 5.41) is 10.3. The molecule has 1 spiro atoms. The molecule has 1 saturated carbocycles. The van der Waals surface area contributed by atoms with Gasteiger partial charge >= 0.3 is 12.0 Å². The number of anilines is 1. The molecule has 6 nitrogen and oxygen atoms in total. The average Bonchev–Trinajstić information content (AvgIpc) is 3.00. The zero-order chi connectivity index (χ0) is 18.3. The number of carbonyl (C=O) groups is 1. The van der Waals surface area contributed by atoms with Gasteiger partial charge in [0.1, 0.15) is 5.82 Å². The van der Waals surface area contributed by atoms with E-state index in [9.17, 15) is 9.18 Å². The van der Waals surface area contributed by atoms with Crippen molar-refractivity contribution in [2.45, 2.75) is 38.5 Å². The molecule has 1 N–H and O–H groups in total. The second-order valence-corrected chi connectivity index (χ2v) is 7.73. The molecule has 2 fully saturated rings. The summed E-state index contributed by atoms with van der Waals surface area (Å²) in [6.45, 7) is 3.06. The van der Waals surface area contributed by atoms with Crippen LogP contribution in [0.3, 0.4) is 0 Å². The third-order valence-electron chi connectivity index (χ3n) is 5.63. The van der Waals surface area contributed by atoms with E-state index in [-0.39, 0.29) is 28.3 Å². The highest BCUT2D eigenvalue weighted by molar-refractivity contribution is 6.30. The van der Waals surface area contributed by atoms with Crippen molar-refractivity contribution < 1.29 is 13.6 Å². The monoisotopic (exact) mass is 378 g/mol. The number of hydrogen-bond donors (Lipinski definition) is 1. The van der Waals surface area contributed by atoms with Crippen LogP contribution in [0.25, 0.3) is 0 Å². The molecule has 2 heterocycles. The smallest absolute Gasteiger partial charge is 0.325 e. The first kappa shape index (κ1) is 17.3. The highest BCUT2D eigenvalue weighted by Crippen LogP contribution is 2.56. The fourth-order valence-corrected chi connectivity index (χ4v) is 4.22. The van der Waals surface area contributed by atoms with Gasteiger partial charge in [-0.25, -0.2) is 9.18 Å². The first-order valence-electron chi connectivity index (χ1n) is 8.75. The lowest BCUT2D eigenvalue weighted by Gasteiger charge is -2.52. The van der Waals surface area contributed by atoms with E-state index >= 15 is 0 Å². The summed E-state index contributed by atoms with van der Waals surface area (Å²) in [4.78, 5) is 14.1. The zero-order valence-corrected chi connectivity index (χ0v) is 15.2. The minimum Gasteiger partial charge on any atom is -0.408 e. The molecule has 2 aromatic rings. The Labute approximate surface area is 155 Å². The van der Waals surface area contributed by atoms with Gasteiger partial charge < -0.3 is 9.32 Å². The van der Waals surface area contributed by atoms with Crippen LogP contribution in [0.5, 0.6) is 0 Å². The molecule has 26 heavy (non-hydrogen) atoms. The predicted molar refractivity (Wildman–Crippen MR) is 94.7 cm³/mol. The Morgan fingerprint density at radius 3 is 2.69 bits per heavy atom. The summed E-state index contributed by atoms with van der Waals surface area (Å²) < 4.78 is 18.8. The van der Waals surface area contributed by atoms with Crippen LogP contribution in [-0.4, -0.2) is 34.2 Å². The van der Waals surface area contributed by atoms with Crippen LogP contribution in [0.15, 0.2) is 22.6 Å². The number of benzene rings is 1. The van der Waals surface area contributed by atoms with Crippen LogP contribution >= 0.6 is 11.6 Å². The maximum Gasteiger partial charge on any atom is 0.325 e. The third-order valence-corrected chi connectivity index (χ3v) is 5.93. The third kappa shape index (κ3) is 3.28. The van der Waals surface area contributed by atoms with Gasteiger partial charge in [-0.3, -0.25) is 5.32 Å². The molecule has 0 unspecified atom stereocenters. The Hall–Kier alpha value is -2.15. The molecule has 8 heteroatoms.